The molecule has 2 aromatic rings. The van der Waals surface area contributed by atoms with Crippen molar-refractivity contribution in [2.45, 2.75) is 6.54 Å². The molecule has 0 saturated carbocycles. The molecular formula is C16H15FN2O. The highest BCUT2D eigenvalue weighted by molar-refractivity contribution is 5.50. The van der Waals surface area contributed by atoms with Gasteiger partial charge in [-0.1, -0.05) is 0 Å². The van der Waals surface area contributed by atoms with E-state index in [0.29, 0.717) is 17.7 Å². The Kier molecular flexibility index (Phi) is 4.21. The number of ether oxygens (including phenoxy) is 1. The van der Waals surface area contributed by atoms with Crippen LogP contribution in [-0.4, -0.2) is 14.2 Å². The van der Waals surface area contributed by atoms with E-state index in [1.54, 1.807) is 7.11 Å². The molecule has 0 radical (unpaired) electrons. The molecule has 0 aliphatic rings. The van der Waals surface area contributed by atoms with Gasteiger partial charge in [-0.15, -0.1) is 0 Å². The average Bonchev–Trinajstić information content (AvgIpc) is 2.47. The van der Waals surface area contributed by atoms with E-state index in [9.17, 15) is 4.39 Å². The van der Waals surface area contributed by atoms with Gasteiger partial charge in [0.05, 0.1) is 18.7 Å². The lowest BCUT2D eigenvalue weighted by Crippen LogP contribution is -2.17. The van der Waals surface area contributed by atoms with Crippen LogP contribution in [-0.2, 0) is 6.54 Å². The van der Waals surface area contributed by atoms with Crippen molar-refractivity contribution in [1.82, 2.24) is 0 Å². The Hall–Kier alpha value is -2.54. The molecule has 0 saturated heterocycles. The first-order valence-electron chi connectivity index (χ1n) is 6.17. The molecule has 4 heteroatoms. The zero-order valence-electron chi connectivity index (χ0n) is 11.4. The first-order chi connectivity index (χ1) is 9.63. The molecule has 3 nitrogen and oxygen atoms in total. The molecule has 0 N–H and O–H groups in total. The summed E-state index contributed by atoms with van der Waals surface area (Å²) in [5, 5.41) is 9.05. The van der Waals surface area contributed by atoms with Crippen LogP contribution in [0.15, 0.2) is 42.5 Å². The van der Waals surface area contributed by atoms with Gasteiger partial charge in [0.15, 0.2) is 0 Å². The Bertz CT molecular complexity index is 632. The van der Waals surface area contributed by atoms with Crippen LogP contribution < -0.4 is 9.64 Å². The third kappa shape index (κ3) is 3.07. The number of hydrogen-bond donors (Lipinski definition) is 0. The predicted octanol–water partition coefficient (Wildman–Crippen LogP) is 3.34. The topological polar surface area (TPSA) is 36.3 Å². The molecule has 0 fully saturated rings. The van der Waals surface area contributed by atoms with Crippen LogP contribution in [0.25, 0.3) is 0 Å². The predicted molar refractivity (Wildman–Crippen MR) is 76.2 cm³/mol. The van der Waals surface area contributed by atoms with Gasteiger partial charge in [-0.05, 0) is 48.0 Å². The number of rotatable bonds is 4. The van der Waals surface area contributed by atoms with E-state index in [0.717, 1.165) is 11.4 Å². The fourth-order valence-corrected chi connectivity index (χ4v) is 1.99. The van der Waals surface area contributed by atoms with Gasteiger partial charge < -0.3 is 9.64 Å². The number of anilines is 1. The third-order valence-corrected chi connectivity index (χ3v) is 3.11. The van der Waals surface area contributed by atoms with Crippen molar-refractivity contribution in [3.05, 3.63) is 59.4 Å². The number of nitriles is 1. The second kappa shape index (κ2) is 6.07. The van der Waals surface area contributed by atoms with Gasteiger partial charge in [-0.25, -0.2) is 4.39 Å². The van der Waals surface area contributed by atoms with E-state index < -0.39 is 0 Å². The zero-order chi connectivity index (χ0) is 14.5. The molecule has 2 rings (SSSR count). The molecule has 0 bridgehead atoms. The van der Waals surface area contributed by atoms with Crippen LogP contribution in [0.4, 0.5) is 10.1 Å². The second-order valence-corrected chi connectivity index (χ2v) is 4.47. The van der Waals surface area contributed by atoms with Gasteiger partial charge in [-0.2, -0.15) is 5.26 Å². The summed E-state index contributed by atoms with van der Waals surface area (Å²) < 4.78 is 18.4. The summed E-state index contributed by atoms with van der Waals surface area (Å²) in [7, 11) is 3.51. The molecule has 0 unspecified atom stereocenters. The number of hydrogen-bond acceptors (Lipinski definition) is 3. The van der Waals surface area contributed by atoms with Crippen molar-refractivity contribution < 1.29 is 9.13 Å². The Morgan fingerprint density at radius 2 is 1.90 bits per heavy atom. The van der Waals surface area contributed by atoms with E-state index in [-0.39, 0.29) is 5.82 Å². The van der Waals surface area contributed by atoms with E-state index in [1.165, 1.54) is 18.2 Å². The molecule has 0 aliphatic heterocycles. The minimum atomic E-state index is -0.331. The molecule has 102 valence electrons. The van der Waals surface area contributed by atoms with Crippen molar-refractivity contribution in [2.24, 2.45) is 0 Å². The van der Waals surface area contributed by atoms with Gasteiger partial charge >= 0.3 is 0 Å². The van der Waals surface area contributed by atoms with E-state index >= 15 is 0 Å². The standard InChI is InChI=1S/C16H15FN2O/c1-19(15-5-7-16(20-2)8-6-15)11-13-9-14(17)4-3-12(13)10-18/h3-9H,11H2,1-2H3. The summed E-state index contributed by atoms with van der Waals surface area (Å²) in [6.45, 7) is 0.465. The van der Waals surface area contributed by atoms with Crippen molar-refractivity contribution in [2.75, 3.05) is 19.1 Å². The zero-order valence-corrected chi connectivity index (χ0v) is 11.4. The average molecular weight is 270 g/mol. The largest absolute Gasteiger partial charge is 0.497 e. The summed E-state index contributed by atoms with van der Waals surface area (Å²) in [4.78, 5) is 1.95. The van der Waals surface area contributed by atoms with Crippen molar-refractivity contribution in [3.63, 3.8) is 0 Å². The quantitative estimate of drug-likeness (QED) is 0.855. The van der Waals surface area contributed by atoms with Crippen molar-refractivity contribution >= 4 is 5.69 Å². The molecule has 0 spiro atoms. The Balaban J connectivity index is 2.20. The lowest BCUT2D eigenvalue weighted by Gasteiger charge is -2.20. The molecule has 0 aromatic heterocycles. The van der Waals surface area contributed by atoms with Gasteiger partial charge in [0.1, 0.15) is 11.6 Å². The molecule has 0 aliphatic carbocycles. The maximum atomic E-state index is 13.3. The van der Waals surface area contributed by atoms with Gasteiger partial charge in [0.25, 0.3) is 0 Å². The number of methoxy groups -OCH3 is 1. The van der Waals surface area contributed by atoms with Gasteiger partial charge in [0.2, 0.25) is 0 Å². The summed E-state index contributed by atoms with van der Waals surface area (Å²) in [5.41, 5.74) is 2.14. The molecule has 0 amide bonds. The molecule has 0 heterocycles. The molecular weight excluding hydrogens is 255 g/mol. The first-order valence-corrected chi connectivity index (χ1v) is 6.17. The van der Waals surface area contributed by atoms with Crippen LogP contribution in [0, 0.1) is 17.1 Å². The van der Waals surface area contributed by atoms with Crippen LogP contribution in [0.5, 0.6) is 5.75 Å². The fraction of sp³-hybridized carbons (Fsp3) is 0.188. The highest BCUT2D eigenvalue weighted by Gasteiger charge is 2.08. The van der Waals surface area contributed by atoms with Crippen LogP contribution in [0.1, 0.15) is 11.1 Å². The highest BCUT2D eigenvalue weighted by Crippen LogP contribution is 2.21. The minimum absolute atomic E-state index is 0.331. The van der Waals surface area contributed by atoms with Crippen molar-refractivity contribution in [1.29, 1.82) is 5.26 Å². The molecule has 20 heavy (non-hydrogen) atoms. The van der Waals surface area contributed by atoms with Gasteiger partial charge in [0, 0.05) is 19.3 Å². The second-order valence-electron chi connectivity index (χ2n) is 4.47. The number of nitrogens with zero attached hydrogens (tertiary/aromatic N) is 2. The molecule has 2 aromatic carbocycles. The monoisotopic (exact) mass is 270 g/mol. The fourth-order valence-electron chi connectivity index (χ4n) is 1.99. The van der Waals surface area contributed by atoms with Crippen LogP contribution in [0.3, 0.4) is 0 Å². The third-order valence-electron chi connectivity index (χ3n) is 3.11. The summed E-state index contributed by atoms with van der Waals surface area (Å²) in [6.07, 6.45) is 0. The highest BCUT2D eigenvalue weighted by atomic mass is 19.1. The first kappa shape index (κ1) is 13.9. The maximum absolute atomic E-state index is 13.3. The van der Waals surface area contributed by atoms with E-state index in [1.807, 2.05) is 36.2 Å². The Morgan fingerprint density at radius 1 is 1.20 bits per heavy atom. The summed E-state index contributed by atoms with van der Waals surface area (Å²) in [6, 6.07) is 13.9. The lowest BCUT2D eigenvalue weighted by molar-refractivity contribution is 0.415. The van der Waals surface area contributed by atoms with E-state index in [2.05, 4.69) is 6.07 Å². The maximum Gasteiger partial charge on any atom is 0.123 e. The Morgan fingerprint density at radius 3 is 2.50 bits per heavy atom. The molecule has 0 atom stereocenters. The van der Waals surface area contributed by atoms with Crippen molar-refractivity contribution in [3.8, 4) is 11.8 Å². The van der Waals surface area contributed by atoms with Crippen LogP contribution in [0.2, 0.25) is 0 Å². The minimum Gasteiger partial charge on any atom is -0.497 e. The Labute approximate surface area is 117 Å². The SMILES string of the molecule is COc1ccc(N(C)Cc2cc(F)ccc2C#N)cc1. The summed E-state index contributed by atoms with van der Waals surface area (Å²) >= 11 is 0. The smallest absolute Gasteiger partial charge is 0.123 e. The summed E-state index contributed by atoms with van der Waals surface area (Å²) in [5.74, 6) is 0.452. The number of benzene rings is 2. The lowest BCUT2D eigenvalue weighted by atomic mass is 10.1. The number of halogens is 1. The van der Waals surface area contributed by atoms with Gasteiger partial charge in [-0.3, -0.25) is 0 Å². The van der Waals surface area contributed by atoms with E-state index in [4.69, 9.17) is 10.00 Å². The normalized spacial score (nSPS) is 9.90. The van der Waals surface area contributed by atoms with Crippen LogP contribution >= 0.6 is 0 Å².